The van der Waals surface area contributed by atoms with Crippen molar-refractivity contribution in [3.05, 3.63) is 50.5 Å². The number of hydrogen-bond acceptors (Lipinski definition) is 2. The molecule has 0 radical (unpaired) electrons. The third-order valence-electron chi connectivity index (χ3n) is 3.62. The molecule has 21 heavy (non-hydrogen) atoms. The second kappa shape index (κ2) is 6.71. The quantitative estimate of drug-likeness (QED) is 0.885. The summed E-state index contributed by atoms with van der Waals surface area (Å²) in [6.07, 6.45) is 0.908. The molecular formula is C16H21BrFN3. The van der Waals surface area contributed by atoms with Gasteiger partial charge in [-0.1, -0.05) is 19.1 Å². The molecule has 0 unspecified atom stereocenters. The van der Waals surface area contributed by atoms with Crippen LogP contribution in [-0.4, -0.2) is 9.78 Å². The van der Waals surface area contributed by atoms with Crippen molar-refractivity contribution in [1.82, 2.24) is 15.1 Å². The van der Waals surface area contributed by atoms with Gasteiger partial charge in [0.05, 0.1) is 15.9 Å². The number of nitrogens with one attached hydrogen (secondary N) is 1. The third-order valence-corrected chi connectivity index (χ3v) is 4.54. The first-order chi connectivity index (χ1) is 9.93. The van der Waals surface area contributed by atoms with Gasteiger partial charge in [-0.25, -0.2) is 4.39 Å². The van der Waals surface area contributed by atoms with Crippen molar-refractivity contribution in [1.29, 1.82) is 0 Å². The van der Waals surface area contributed by atoms with Crippen LogP contribution in [0.1, 0.15) is 35.0 Å². The van der Waals surface area contributed by atoms with Crippen molar-refractivity contribution in [2.45, 2.75) is 40.3 Å². The number of hydrogen-bond donors (Lipinski definition) is 1. The van der Waals surface area contributed by atoms with E-state index in [2.05, 4.69) is 33.3 Å². The standard InChI is InChI=1S/C16H21BrFN3/c1-5-13-15(17)14(21(4)20-13)9-19-8-12-6-10(2)16(18)11(3)7-12/h6-7,19H,5,8-9H2,1-4H3. The molecule has 0 bridgehead atoms. The van der Waals surface area contributed by atoms with Crippen molar-refractivity contribution in [2.75, 3.05) is 0 Å². The smallest absolute Gasteiger partial charge is 0.129 e. The predicted octanol–water partition coefficient (Wildman–Crippen LogP) is 3.79. The maximum Gasteiger partial charge on any atom is 0.129 e. The van der Waals surface area contributed by atoms with Crippen LogP contribution in [0.4, 0.5) is 4.39 Å². The van der Waals surface area contributed by atoms with Gasteiger partial charge in [0, 0.05) is 20.1 Å². The van der Waals surface area contributed by atoms with Gasteiger partial charge in [0.2, 0.25) is 0 Å². The average Bonchev–Trinajstić information content (AvgIpc) is 2.71. The molecule has 0 aliphatic carbocycles. The lowest BCUT2D eigenvalue weighted by molar-refractivity contribution is 0.602. The second-order valence-electron chi connectivity index (χ2n) is 5.33. The maximum absolute atomic E-state index is 13.6. The summed E-state index contributed by atoms with van der Waals surface area (Å²) in [6.45, 7) is 7.13. The van der Waals surface area contributed by atoms with E-state index >= 15 is 0 Å². The summed E-state index contributed by atoms with van der Waals surface area (Å²) in [7, 11) is 1.95. The molecule has 0 spiro atoms. The van der Waals surface area contributed by atoms with Gasteiger partial charge in [-0.05, 0) is 52.9 Å². The zero-order valence-corrected chi connectivity index (χ0v) is 14.5. The molecule has 0 saturated carbocycles. The first-order valence-electron chi connectivity index (χ1n) is 7.10. The highest BCUT2D eigenvalue weighted by Crippen LogP contribution is 2.21. The molecule has 114 valence electrons. The summed E-state index contributed by atoms with van der Waals surface area (Å²) in [6, 6.07) is 3.79. The Morgan fingerprint density at radius 1 is 1.24 bits per heavy atom. The van der Waals surface area contributed by atoms with E-state index in [-0.39, 0.29) is 5.82 Å². The molecule has 2 aromatic rings. The van der Waals surface area contributed by atoms with E-state index in [0.29, 0.717) is 17.7 Å². The first-order valence-corrected chi connectivity index (χ1v) is 7.89. The minimum Gasteiger partial charge on any atom is -0.307 e. The lowest BCUT2D eigenvalue weighted by atomic mass is 10.1. The Morgan fingerprint density at radius 2 is 1.86 bits per heavy atom. The fourth-order valence-corrected chi connectivity index (χ4v) is 3.23. The van der Waals surface area contributed by atoms with Gasteiger partial charge >= 0.3 is 0 Å². The number of nitrogens with zero attached hydrogens (tertiary/aromatic N) is 2. The molecule has 0 aliphatic heterocycles. The van der Waals surface area contributed by atoms with Crippen molar-refractivity contribution < 1.29 is 4.39 Å². The van der Waals surface area contributed by atoms with Gasteiger partial charge in [0.25, 0.3) is 0 Å². The Labute approximate surface area is 133 Å². The van der Waals surface area contributed by atoms with Gasteiger partial charge in [0.1, 0.15) is 5.82 Å². The van der Waals surface area contributed by atoms with E-state index in [1.165, 1.54) is 0 Å². The summed E-state index contributed by atoms with van der Waals surface area (Å²) >= 11 is 3.61. The molecule has 5 heteroatoms. The molecule has 1 aromatic heterocycles. The molecular weight excluding hydrogens is 333 g/mol. The minimum absolute atomic E-state index is 0.110. The van der Waals surface area contributed by atoms with Gasteiger partial charge < -0.3 is 5.32 Å². The number of benzene rings is 1. The molecule has 0 fully saturated rings. The van der Waals surface area contributed by atoms with Crippen LogP contribution < -0.4 is 5.32 Å². The summed E-state index contributed by atoms with van der Waals surface area (Å²) < 4.78 is 16.6. The monoisotopic (exact) mass is 353 g/mol. The van der Waals surface area contributed by atoms with Gasteiger partial charge in [-0.3, -0.25) is 4.68 Å². The van der Waals surface area contributed by atoms with E-state index in [1.807, 2.05) is 23.9 Å². The number of aryl methyl sites for hydroxylation is 4. The third kappa shape index (κ3) is 3.52. The van der Waals surface area contributed by atoms with Crippen LogP contribution in [-0.2, 0) is 26.6 Å². The summed E-state index contributed by atoms with van der Waals surface area (Å²) in [5, 5.41) is 7.87. The summed E-state index contributed by atoms with van der Waals surface area (Å²) in [4.78, 5) is 0. The molecule has 0 atom stereocenters. The van der Waals surface area contributed by atoms with Crippen molar-refractivity contribution in [3.8, 4) is 0 Å². The first kappa shape index (κ1) is 16.2. The number of rotatable bonds is 5. The lowest BCUT2D eigenvalue weighted by Crippen LogP contribution is -2.16. The molecule has 0 saturated heterocycles. The van der Waals surface area contributed by atoms with Crippen LogP contribution >= 0.6 is 15.9 Å². The Kier molecular flexibility index (Phi) is 5.17. The van der Waals surface area contributed by atoms with Crippen LogP contribution in [0.3, 0.4) is 0 Å². The summed E-state index contributed by atoms with van der Waals surface area (Å²) in [5.41, 5.74) is 4.69. The zero-order chi connectivity index (χ0) is 15.6. The normalized spacial score (nSPS) is 11.1. The van der Waals surface area contributed by atoms with E-state index < -0.39 is 0 Å². The zero-order valence-electron chi connectivity index (χ0n) is 12.9. The molecule has 1 aromatic carbocycles. The Balaban J connectivity index is 2.04. The number of aromatic nitrogens is 2. The number of halogens is 2. The predicted molar refractivity (Wildman–Crippen MR) is 86.7 cm³/mol. The molecule has 2 rings (SSSR count). The van der Waals surface area contributed by atoms with Crippen LogP contribution in [0.15, 0.2) is 16.6 Å². The molecule has 3 nitrogen and oxygen atoms in total. The fraction of sp³-hybridized carbons (Fsp3) is 0.438. The topological polar surface area (TPSA) is 29.9 Å². The highest BCUT2D eigenvalue weighted by molar-refractivity contribution is 9.10. The molecule has 0 amide bonds. The molecule has 1 N–H and O–H groups in total. The van der Waals surface area contributed by atoms with Gasteiger partial charge in [-0.2, -0.15) is 5.10 Å². The highest BCUT2D eigenvalue weighted by atomic mass is 79.9. The second-order valence-corrected chi connectivity index (χ2v) is 6.12. The Morgan fingerprint density at radius 3 is 2.38 bits per heavy atom. The van der Waals surface area contributed by atoms with Crippen molar-refractivity contribution >= 4 is 15.9 Å². The van der Waals surface area contributed by atoms with E-state index in [4.69, 9.17) is 0 Å². The minimum atomic E-state index is -0.110. The SMILES string of the molecule is CCc1nn(C)c(CNCc2cc(C)c(F)c(C)c2)c1Br. The van der Waals surface area contributed by atoms with Gasteiger partial charge in [-0.15, -0.1) is 0 Å². The lowest BCUT2D eigenvalue weighted by Gasteiger charge is -2.09. The molecule has 1 heterocycles. The van der Waals surface area contributed by atoms with Crippen LogP contribution in [0.5, 0.6) is 0 Å². The van der Waals surface area contributed by atoms with Crippen LogP contribution in [0.25, 0.3) is 0 Å². The van der Waals surface area contributed by atoms with Crippen LogP contribution in [0, 0.1) is 19.7 Å². The summed E-state index contributed by atoms with van der Waals surface area (Å²) in [5.74, 6) is -0.110. The van der Waals surface area contributed by atoms with Gasteiger partial charge in [0.15, 0.2) is 0 Å². The Hall–Kier alpha value is -1.20. The fourth-order valence-electron chi connectivity index (χ4n) is 2.47. The average molecular weight is 354 g/mol. The van der Waals surface area contributed by atoms with E-state index in [1.54, 1.807) is 13.8 Å². The van der Waals surface area contributed by atoms with E-state index in [9.17, 15) is 4.39 Å². The van der Waals surface area contributed by atoms with E-state index in [0.717, 1.165) is 34.4 Å². The Bertz CT molecular complexity index is 626. The highest BCUT2D eigenvalue weighted by Gasteiger charge is 2.12. The maximum atomic E-state index is 13.6. The van der Waals surface area contributed by atoms with Crippen LogP contribution in [0.2, 0.25) is 0 Å². The van der Waals surface area contributed by atoms with Crippen molar-refractivity contribution in [3.63, 3.8) is 0 Å². The molecule has 0 aliphatic rings. The largest absolute Gasteiger partial charge is 0.307 e. The van der Waals surface area contributed by atoms with Crippen molar-refractivity contribution in [2.24, 2.45) is 7.05 Å².